The number of benzene rings is 3. The lowest BCUT2D eigenvalue weighted by Crippen LogP contribution is -2.53. The van der Waals surface area contributed by atoms with Crippen LogP contribution in [-0.2, 0) is 25.5 Å². The molecule has 3 aromatic rings. The summed E-state index contributed by atoms with van der Waals surface area (Å²) in [7, 11) is 3.17. The average molecular weight is 648 g/mol. The number of aliphatic hydroxyl groups is 1. The Bertz CT molecular complexity index is 1500. The van der Waals surface area contributed by atoms with Crippen molar-refractivity contribution in [3.8, 4) is 17.2 Å². The Morgan fingerprint density at radius 2 is 1.70 bits per heavy atom. The van der Waals surface area contributed by atoms with E-state index >= 15 is 0 Å². The predicted octanol–water partition coefficient (Wildman–Crippen LogP) is 4.71. The van der Waals surface area contributed by atoms with E-state index in [2.05, 4.69) is 10.9 Å². The van der Waals surface area contributed by atoms with Crippen molar-refractivity contribution in [1.82, 2.24) is 10.9 Å². The maximum absolute atomic E-state index is 14.2. The molecule has 0 aromatic heterocycles. The molecule has 0 saturated carbocycles. The van der Waals surface area contributed by atoms with Gasteiger partial charge in [-0.05, 0) is 81.1 Å². The second kappa shape index (κ2) is 16.3. The number of aliphatic imine (C=N–C) groups is 1. The first kappa shape index (κ1) is 35.2. The van der Waals surface area contributed by atoms with Crippen molar-refractivity contribution in [3.05, 3.63) is 89.5 Å². The van der Waals surface area contributed by atoms with E-state index in [9.17, 15) is 9.59 Å². The maximum atomic E-state index is 14.2. The van der Waals surface area contributed by atoms with Crippen LogP contribution in [0.3, 0.4) is 0 Å². The fourth-order valence-corrected chi connectivity index (χ4v) is 5.18. The third-order valence-electron chi connectivity index (χ3n) is 7.45. The van der Waals surface area contributed by atoms with Crippen LogP contribution in [0, 0.1) is 0 Å². The molecule has 0 unspecified atom stereocenters. The van der Waals surface area contributed by atoms with E-state index in [0.29, 0.717) is 48.8 Å². The Morgan fingerprint density at radius 3 is 2.36 bits per heavy atom. The van der Waals surface area contributed by atoms with Gasteiger partial charge in [0, 0.05) is 31.6 Å². The van der Waals surface area contributed by atoms with Gasteiger partial charge in [-0.2, -0.15) is 0 Å². The number of nitrogens with one attached hydrogen (secondary N) is 2. The SMILES string of the molecule is COc1ccc(CCNNC(=O)[C@@]2(CCC(=O)OC(C)(C)C)N=C(c3ccc(OCCCO)cc3)O[C@H]2c2ccccc2)cc1OC. The standard InChI is InChI=1S/C36H45N3O8/c1-35(2,3)47-31(41)18-20-36(34(42)39-37-21-19-25-12-17-29(43-4)30(24-25)44-5)32(26-10-7-6-8-11-26)46-33(38-36)27-13-15-28(16-14-27)45-23-9-22-40/h6-8,10-17,24,32,37,40H,9,18-23H2,1-5H3,(H,39,42)/t32-,36-/m0/s1. The van der Waals surface area contributed by atoms with Gasteiger partial charge in [-0.1, -0.05) is 36.4 Å². The lowest BCUT2D eigenvalue weighted by Gasteiger charge is -2.31. The molecule has 0 spiro atoms. The van der Waals surface area contributed by atoms with E-state index in [4.69, 9.17) is 33.8 Å². The molecule has 0 saturated heterocycles. The smallest absolute Gasteiger partial charge is 0.306 e. The molecule has 11 heteroatoms. The Labute approximate surface area is 276 Å². The number of amides is 1. The normalized spacial score (nSPS) is 17.3. The number of hydrogen-bond acceptors (Lipinski definition) is 10. The summed E-state index contributed by atoms with van der Waals surface area (Å²) < 4.78 is 28.5. The van der Waals surface area contributed by atoms with E-state index in [1.807, 2.05) is 48.5 Å². The number of aliphatic hydroxyl groups excluding tert-OH is 1. The van der Waals surface area contributed by atoms with Crippen molar-refractivity contribution < 1.29 is 38.4 Å². The monoisotopic (exact) mass is 647 g/mol. The van der Waals surface area contributed by atoms with Crippen LogP contribution in [0.5, 0.6) is 17.2 Å². The van der Waals surface area contributed by atoms with Gasteiger partial charge in [0.05, 0.1) is 20.8 Å². The first-order valence-corrected chi connectivity index (χ1v) is 15.7. The van der Waals surface area contributed by atoms with Crippen LogP contribution >= 0.6 is 0 Å². The summed E-state index contributed by atoms with van der Waals surface area (Å²) in [5.41, 5.74) is 6.07. The molecular weight excluding hydrogens is 602 g/mol. The molecule has 3 aromatic carbocycles. The zero-order valence-electron chi connectivity index (χ0n) is 27.7. The molecule has 47 heavy (non-hydrogen) atoms. The Balaban J connectivity index is 1.60. The van der Waals surface area contributed by atoms with Crippen molar-refractivity contribution in [2.45, 2.75) is 63.7 Å². The van der Waals surface area contributed by atoms with Crippen LogP contribution in [0.25, 0.3) is 0 Å². The number of carbonyl (C=O) groups is 2. The number of carbonyl (C=O) groups excluding carboxylic acids is 2. The van der Waals surface area contributed by atoms with Crippen LogP contribution in [0.15, 0.2) is 77.8 Å². The number of rotatable bonds is 16. The average Bonchev–Trinajstić information content (AvgIpc) is 3.46. The van der Waals surface area contributed by atoms with Crippen LogP contribution < -0.4 is 25.1 Å². The maximum Gasteiger partial charge on any atom is 0.306 e. The van der Waals surface area contributed by atoms with Gasteiger partial charge in [0.15, 0.2) is 23.1 Å². The number of nitrogens with zero attached hydrogens (tertiary/aromatic N) is 1. The van der Waals surface area contributed by atoms with Gasteiger partial charge in [0.1, 0.15) is 11.4 Å². The van der Waals surface area contributed by atoms with Crippen molar-refractivity contribution in [2.75, 3.05) is 34.0 Å². The highest BCUT2D eigenvalue weighted by Gasteiger charge is 2.53. The predicted molar refractivity (Wildman–Crippen MR) is 178 cm³/mol. The van der Waals surface area contributed by atoms with Crippen LogP contribution in [0.2, 0.25) is 0 Å². The minimum absolute atomic E-state index is 0.0382. The van der Waals surface area contributed by atoms with Crippen LogP contribution in [0.1, 0.15) is 62.8 Å². The minimum Gasteiger partial charge on any atom is -0.494 e. The molecule has 0 aliphatic carbocycles. The van der Waals surface area contributed by atoms with Gasteiger partial charge in [-0.15, -0.1) is 0 Å². The van der Waals surface area contributed by atoms with E-state index < -0.39 is 29.1 Å². The fraction of sp³-hybridized carbons (Fsp3) is 0.417. The molecule has 1 heterocycles. The summed E-state index contributed by atoms with van der Waals surface area (Å²) >= 11 is 0. The summed E-state index contributed by atoms with van der Waals surface area (Å²) in [5.74, 6) is 1.27. The van der Waals surface area contributed by atoms with Crippen molar-refractivity contribution in [3.63, 3.8) is 0 Å². The molecule has 0 radical (unpaired) electrons. The number of hydrazine groups is 1. The Hall–Kier alpha value is -4.61. The summed E-state index contributed by atoms with van der Waals surface area (Å²) in [6, 6.07) is 22.2. The molecular formula is C36H45N3O8. The third-order valence-corrected chi connectivity index (χ3v) is 7.45. The Morgan fingerprint density at radius 1 is 0.979 bits per heavy atom. The number of ether oxygens (including phenoxy) is 5. The molecule has 0 fully saturated rings. The fourth-order valence-electron chi connectivity index (χ4n) is 5.18. The quantitative estimate of drug-likeness (QED) is 0.115. The summed E-state index contributed by atoms with van der Waals surface area (Å²) in [5, 5.41) is 9.05. The van der Waals surface area contributed by atoms with E-state index in [1.165, 1.54) is 0 Å². The highest BCUT2D eigenvalue weighted by Crippen LogP contribution is 2.43. The summed E-state index contributed by atoms with van der Waals surface area (Å²) in [6.07, 6.45) is 0.266. The minimum atomic E-state index is -1.50. The van der Waals surface area contributed by atoms with Gasteiger partial charge in [-0.25, -0.2) is 10.4 Å². The first-order chi connectivity index (χ1) is 22.6. The lowest BCUT2D eigenvalue weighted by atomic mass is 9.83. The zero-order valence-corrected chi connectivity index (χ0v) is 27.7. The van der Waals surface area contributed by atoms with E-state index in [-0.39, 0.29) is 25.3 Å². The van der Waals surface area contributed by atoms with Gasteiger partial charge >= 0.3 is 5.97 Å². The van der Waals surface area contributed by atoms with Crippen LogP contribution in [-0.4, -0.2) is 68.0 Å². The summed E-state index contributed by atoms with van der Waals surface area (Å²) in [6.45, 7) is 6.24. The molecule has 0 bridgehead atoms. The molecule has 3 N–H and O–H groups in total. The van der Waals surface area contributed by atoms with E-state index in [1.54, 1.807) is 59.3 Å². The van der Waals surface area contributed by atoms with Crippen molar-refractivity contribution in [2.24, 2.45) is 4.99 Å². The lowest BCUT2D eigenvalue weighted by molar-refractivity contribution is -0.155. The molecule has 11 nitrogen and oxygen atoms in total. The highest BCUT2D eigenvalue weighted by molar-refractivity contribution is 6.01. The van der Waals surface area contributed by atoms with Gasteiger partial charge in [0.2, 0.25) is 5.90 Å². The number of hydrogen-bond donors (Lipinski definition) is 3. The largest absolute Gasteiger partial charge is 0.494 e. The number of esters is 1. The van der Waals surface area contributed by atoms with Crippen molar-refractivity contribution in [1.29, 1.82) is 0 Å². The Kier molecular flexibility index (Phi) is 12.2. The molecule has 1 amide bonds. The van der Waals surface area contributed by atoms with Crippen molar-refractivity contribution >= 4 is 17.8 Å². The first-order valence-electron chi connectivity index (χ1n) is 15.7. The second-order valence-electron chi connectivity index (χ2n) is 12.1. The van der Waals surface area contributed by atoms with Gasteiger partial charge in [0.25, 0.3) is 5.91 Å². The van der Waals surface area contributed by atoms with Gasteiger partial charge < -0.3 is 28.8 Å². The molecule has 1 aliphatic heterocycles. The molecule has 4 rings (SSSR count). The molecule has 252 valence electrons. The van der Waals surface area contributed by atoms with E-state index in [0.717, 1.165) is 11.1 Å². The van der Waals surface area contributed by atoms with Gasteiger partial charge in [-0.3, -0.25) is 15.0 Å². The summed E-state index contributed by atoms with van der Waals surface area (Å²) in [4.78, 5) is 32.1. The zero-order chi connectivity index (χ0) is 33.9. The highest BCUT2D eigenvalue weighted by atomic mass is 16.6. The third kappa shape index (κ3) is 9.46. The second-order valence-corrected chi connectivity index (χ2v) is 12.1. The topological polar surface area (TPSA) is 137 Å². The molecule has 1 aliphatic rings. The number of methoxy groups -OCH3 is 2. The van der Waals surface area contributed by atoms with Crippen LogP contribution in [0.4, 0.5) is 0 Å². The molecule has 2 atom stereocenters.